The van der Waals surface area contributed by atoms with Crippen molar-refractivity contribution in [3.05, 3.63) is 120 Å². The summed E-state index contributed by atoms with van der Waals surface area (Å²) in [6, 6.07) is 29.5. The van der Waals surface area contributed by atoms with Crippen molar-refractivity contribution >= 4 is 39.1 Å². The number of hydrogen-bond acceptors (Lipinski definition) is 5. The van der Waals surface area contributed by atoms with E-state index < -0.39 is 28.5 Å². The van der Waals surface area contributed by atoms with Crippen LogP contribution in [-0.2, 0) is 26.2 Å². The molecule has 2 amide bonds. The van der Waals surface area contributed by atoms with E-state index >= 15 is 0 Å². The normalized spacial score (nSPS) is 11.9. The second-order valence-electron chi connectivity index (χ2n) is 10.2. The summed E-state index contributed by atoms with van der Waals surface area (Å²) in [4.78, 5) is 28.5. The predicted molar refractivity (Wildman–Crippen MR) is 169 cm³/mol. The van der Waals surface area contributed by atoms with Crippen LogP contribution in [-0.4, -0.2) is 43.8 Å². The third kappa shape index (κ3) is 8.15. The maximum Gasteiger partial charge on any atom is 0.264 e. The largest absolute Gasteiger partial charge is 0.457 e. The van der Waals surface area contributed by atoms with Gasteiger partial charge in [0.2, 0.25) is 11.8 Å². The molecule has 1 atom stereocenters. The number of carbonyl (C=O) groups is 2. The van der Waals surface area contributed by atoms with Crippen molar-refractivity contribution in [3.8, 4) is 11.5 Å². The number of benzene rings is 4. The molecule has 224 valence electrons. The number of ether oxygens (including phenoxy) is 1. The molecule has 4 aromatic rings. The Labute approximate surface area is 257 Å². The van der Waals surface area contributed by atoms with Gasteiger partial charge in [0.25, 0.3) is 10.0 Å². The number of nitrogens with one attached hydrogen (secondary N) is 1. The van der Waals surface area contributed by atoms with Crippen LogP contribution in [0.1, 0.15) is 26.3 Å². The first-order valence-corrected chi connectivity index (χ1v) is 15.6. The van der Waals surface area contributed by atoms with E-state index in [4.69, 9.17) is 16.3 Å². The standard InChI is InChI=1S/C33H34ClN3O5S/c1-24(2)35-33(39)25(3)36(22-26-12-10-11-17-31(26)34)32(38)23-37(43(40,41)30-15-8-5-9-16-30)27-18-20-29(21-19-27)42-28-13-6-4-7-14-28/h4-21,24-25H,22-23H2,1-3H3,(H,35,39)/t25-/m1/s1. The monoisotopic (exact) mass is 619 g/mol. The van der Waals surface area contributed by atoms with E-state index in [0.717, 1.165) is 4.31 Å². The first kappa shape index (κ1) is 31.6. The Morgan fingerprint density at radius 3 is 1.95 bits per heavy atom. The Balaban J connectivity index is 1.70. The number of halogens is 1. The molecule has 0 spiro atoms. The lowest BCUT2D eigenvalue weighted by Gasteiger charge is -2.32. The third-order valence-electron chi connectivity index (χ3n) is 6.61. The highest BCUT2D eigenvalue weighted by Gasteiger charge is 2.33. The van der Waals surface area contributed by atoms with Gasteiger partial charge in [-0.2, -0.15) is 0 Å². The Morgan fingerprint density at radius 2 is 1.35 bits per heavy atom. The van der Waals surface area contributed by atoms with Crippen LogP contribution >= 0.6 is 11.6 Å². The minimum absolute atomic E-state index is 0.00820. The van der Waals surface area contributed by atoms with E-state index in [0.29, 0.717) is 22.1 Å². The van der Waals surface area contributed by atoms with Crippen LogP contribution in [0.15, 0.2) is 114 Å². The fourth-order valence-electron chi connectivity index (χ4n) is 4.35. The highest BCUT2D eigenvalue weighted by Crippen LogP contribution is 2.29. The lowest BCUT2D eigenvalue weighted by atomic mass is 10.1. The first-order valence-electron chi connectivity index (χ1n) is 13.8. The summed E-state index contributed by atoms with van der Waals surface area (Å²) in [7, 11) is -4.18. The van der Waals surface area contributed by atoms with Crippen LogP contribution in [0.25, 0.3) is 0 Å². The molecule has 43 heavy (non-hydrogen) atoms. The van der Waals surface area contributed by atoms with Gasteiger partial charge in [-0.25, -0.2) is 8.42 Å². The quantitative estimate of drug-likeness (QED) is 0.202. The van der Waals surface area contributed by atoms with Crippen LogP contribution in [0.5, 0.6) is 11.5 Å². The summed E-state index contributed by atoms with van der Waals surface area (Å²) in [5, 5.41) is 3.26. The molecule has 0 aliphatic rings. The maximum atomic E-state index is 14.0. The van der Waals surface area contributed by atoms with Crippen molar-refractivity contribution in [1.29, 1.82) is 0 Å². The fourth-order valence-corrected chi connectivity index (χ4v) is 5.98. The average molecular weight is 620 g/mol. The molecular formula is C33H34ClN3O5S. The van der Waals surface area contributed by atoms with E-state index in [9.17, 15) is 18.0 Å². The molecule has 0 aromatic heterocycles. The van der Waals surface area contributed by atoms with Gasteiger partial charge in [0.1, 0.15) is 24.1 Å². The van der Waals surface area contributed by atoms with Gasteiger partial charge >= 0.3 is 0 Å². The van der Waals surface area contributed by atoms with Gasteiger partial charge in [0, 0.05) is 17.6 Å². The Morgan fingerprint density at radius 1 is 0.791 bits per heavy atom. The van der Waals surface area contributed by atoms with Gasteiger partial charge in [-0.05, 0) is 80.9 Å². The van der Waals surface area contributed by atoms with Gasteiger partial charge in [0.15, 0.2) is 0 Å². The molecule has 0 fully saturated rings. The molecule has 0 unspecified atom stereocenters. The van der Waals surface area contributed by atoms with Crippen molar-refractivity contribution < 1.29 is 22.7 Å². The number of anilines is 1. The Bertz CT molecular complexity index is 1630. The molecule has 0 radical (unpaired) electrons. The molecule has 4 rings (SSSR count). The summed E-state index contributed by atoms with van der Waals surface area (Å²) in [5.41, 5.74) is 0.885. The molecule has 10 heteroatoms. The van der Waals surface area contributed by atoms with Crippen molar-refractivity contribution in [2.45, 2.75) is 44.3 Å². The smallest absolute Gasteiger partial charge is 0.264 e. The number of sulfonamides is 1. The maximum absolute atomic E-state index is 14.0. The van der Waals surface area contributed by atoms with Crippen LogP contribution in [0.4, 0.5) is 5.69 Å². The minimum Gasteiger partial charge on any atom is -0.457 e. The first-order chi connectivity index (χ1) is 20.6. The van der Waals surface area contributed by atoms with E-state index in [-0.39, 0.29) is 29.1 Å². The van der Waals surface area contributed by atoms with Crippen molar-refractivity contribution in [3.63, 3.8) is 0 Å². The molecule has 0 saturated carbocycles. The Hall–Kier alpha value is -4.34. The van der Waals surface area contributed by atoms with Crippen LogP contribution in [0.2, 0.25) is 5.02 Å². The van der Waals surface area contributed by atoms with Gasteiger partial charge < -0.3 is 15.0 Å². The van der Waals surface area contributed by atoms with Crippen LogP contribution < -0.4 is 14.4 Å². The molecule has 0 heterocycles. The lowest BCUT2D eigenvalue weighted by Crippen LogP contribution is -2.52. The average Bonchev–Trinajstić information content (AvgIpc) is 3.00. The summed E-state index contributed by atoms with van der Waals surface area (Å²) in [6.07, 6.45) is 0. The summed E-state index contributed by atoms with van der Waals surface area (Å²) < 4.78 is 34.8. The molecule has 0 aliphatic heterocycles. The second-order valence-corrected chi connectivity index (χ2v) is 12.5. The number of amides is 2. The molecule has 0 aliphatic carbocycles. The van der Waals surface area contributed by atoms with Gasteiger partial charge in [-0.3, -0.25) is 13.9 Å². The molecular weight excluding hydrogens is 586 g/mol. The van der Waals surface area contributed by atoms with E-state index in [1.54, 1.807) is 73.7 Å². The number of carbonyl (C=O) groups excluding carboxylic acids is 2. The van der Waals surface area contributed by atoms with Crippen molar-refractivity contribution in [2.24, 2.45) is 0 Å². The summed E-state index contributed by atoms with van der Waals surface area (Å²) in [6.45, 7) is 4.71. The Kier molecular flexibility index (Phi) is 10.4. The van der Waals surface area contributed by atoms with Crippen molar-refractivity contribution in [2.75, 3.05) is 10.8 Å². The van der Waals surface area contributed by atoms with Gasteiger partial charge in [-0.15, -0.1) is 0 Å². The fraction of sp³-hybridized carbons (Fsp3) is 0.212. The van der Waals surface area contributed by atoms with Crippen LogP contribution in [0, 0.1) is 0 Å². The molecule has 8 nitrogen and oxygen atoms in total. The van der Waals surface area contributed by atoms with E-state index in [1.807, 2.05) is 44.2 Å². The SMILES string of the molecule is CC(C)NC(=O)[C@@H](C)N(Cc1ccccc1Cl)C(=O)CN(c1ccc(Oc2ccccc2)cc1)S(=O)(=O)c1ccccc1. The molecule has 0 saturated heterocycles. The molecule has 1 N–H and O–H groups in total. The predicted octanol–water partition coefficient (Wildman–Crippen LogP) is 6.27. The highest BCUT2D eigenvalue weighted by molar-refractivity contribution is 7.92. The van der Waals surface area contributed by atoms with Gasteiger partial charge in [0.05, 0.1) is 10.6 Å². The number of hydrogen-bond donors (Lipinski definition) is 1. The number of para-hydroxylation sites is 1. The van der Waals surface area contributed by atoms with Crippen molar-refractivity contribution in [1.82, 2.24) is 10.2 Å². The number of nitrogens with zero attached hydrogens (tertiary/aromatic N) is 2. The topological polar surface area (TPSA) is 96.0 Å². The van der Waals surface area contributed by atoms with Crippen LogP contribution in [0.3, 0.4) is 0 Å². The lowest BCUT2D eigenvalue weighted by molar-refractivity contribution is -0.139. The van der Waals surface area contributed by atoms with E-state index in [1.165, 1.54) is 17.0 Å². The second kappa shape index (κ2) is 14.2. The number of rotatable bonds is 12. The molecule has 0 bridgehead atoms. The zero-order valence-corrected chi connectivity index (χ0v) is 25.8. The zero-order valence-electron chi connectivity index (χ0n) is 24.2. The summed E-state index contributed by atoms with van der Waals surface area (Å²) in [5.74, 6) is 0.187. The highest BCUT2D eigenvalue weighted by atomic mass is 35.5. The van der Waals surface area contributed by atoms with E-state index in [2.05, 4.69) is 5.32 Å². The summed E-state index contributed by atoms with van der Waals surface area (Å²) >= 11 is 6.41. The zero-order chi connectivity index (χ0) is 31.0. The molecule has 4 aromatic carbocycles. The minimum atomic E-state index is -4.18. The third-order valence-corrected chi connectivity index (χ3v) is 8.77. The van der Waals surface area contributed by atoms with Gasteiger partial charge in [-0.1, -0.05) is 66.2 Å².